The SMILES string of the molecule is CN=C(NCc1ccc(F)cc1)NCC1CCN(C2CC2)C1. The lowest BCUT2D eigenvalue weighted by Crippen LogP contribution is -2.40. The average Bonchev–Trinajstić information content (AvgIpc) is 3.28. The lowest BCUT2D eigenvalue weighted by atomic mass is 10.1. The second kappa shape index (κ2) is 7.09. The maximum absolute atomic E-state index is 12.9. The summed E-state index contributed by atoms with van der Waals surface area (Å²) in [5.74, 6) is 1.33. The quantitative estimate of drug-likeness (QED) is 0.645. The molecule has 120 valence electrons. The molecular weight excluding hydrogens is 279 g/mol. The first-order valence-electron chi connectivity index (χ1n) is 8.17. The second-order valence-electron chi connectivity index (χ2n) is 6.31. The predicted molar refractivity (Wildman–Crippen MR) is 87.3 cm³/mol. The van der Waals surface area contributed by atoms with Crippen LogP contribution < -0.4 is 10.6 Å². The highest BCUT2D eigenvalue weighted by Gasteiger charge is 2.34. The zero-order valence-corrected chi connectivity index (χ0v) is 13.2. The molecule has 1 aromatic rings. The summed E-state index contributed by atoms with van der Waals surface area (Å²) in [5.41, 5.74) is 1.05. The third-order valence-electron chi connectivity index (χ3n) is 4.54. The Bertz CT molecular complexity index is 510. The van der Waals surface area contributed by atoms with Gasteiger partial charge in [0.1, 0.15) is 5.82 Å². The Morgan fingerprint density at radius 1 is 1.23 bits per heavy atom. The number of halogens is 1. The fraction of sp³-hybridized carbons (Fsp3) is 0.588. The number of rotatable bonds is 5. The fourth-order valence-electron chi connectivity index (χ4n) is 3.05. The van der Waals surface area contributed by atoms with Gasteiger partial charge < -0.3 is 15.5 Å². The van der Waals surface area contributed by atoms with Crippen molar-refractivity contribution in [2.24, 2.45) is 10.9 Å². The highest BCUT2D eigenvalue weighted by molar-refractivity contribution is 5.79. The molecule has 2 aliphatic rings. The van der Waals surface area contributed by atoms with E-state index in [0.717, 1.165) is 24.1 Å². The van der Waals surface area contributed by atoms with Crippen LogP contribution in [0.15, 0.2) is 29.3 Å². The maximum Gasteiger partial charge on any atom is 0.191 e. The number of hydrogen-bond acceptors (Lipinski definition) is 2. The Morgan fingerprint density at radius 2 is 2.00 bits per heavy atom. The first-order valence-corrected chi connectivity index (χ1v) is 8.17. The van der Waals surface area contributed by atoms with Crippen molar-refractivity contribution < 1.29 is 4.39 Å². The first kappa shape index (κ1) is 15.3. The normalized spacial score (nSPS) is 22.8. The van der Waals surface area contributed by atoms with Gasteiger partial charge in [-0.15, -0.1) is 0 Å². The van der Waals surface area contributed by atoms with Crippen molar-refractivity contribution in [2.45, 2.75) is 31.8 Å². The topological polar surface area (TPSA) is 39.7 Å². The van der Waals surface area contributed by atoms with Gasteiger partial charge in [0.15, 0.2) is 5.96 Å². The van der Waals surface area contributed by atoms with Crippen molar-refractivity contribution in [2.75, 3.05) is 26.7 Å². The van der Waals surface area contributed by atoms with Crippen molar-refractivity contribution in [3.63, 3.8) is 0 Å². The Morgan fingerprint density at radius 3 is 2.68 bits per heavy atom. The smallest absolute Gasteiger partial charge is 0.191 e. The molecule has 1 aliphatic heterocycles. The van der Waals surface area contributed by atoms with Gasteiger partial charge in [-0.25, -0.2) is 4.39 Å². The van der Waals surface area contributed by atoms with Crippen molar-refractivity contribution in [1.82, 2.24) is 15.5 Å². The molecule has 4 nitrogen and oxygen atoms in total. The molecule has 2 N–H and O–H groups in total. The van der Waals surface area contributed by atoms with Crippen LogP contribution >= 0.6 is 0 Å². The number of benzene rings is 1. The van der Waals surface area contributed by atoms with E-state index in [1.165, 1.54) is 44.5 Å². The van der Waals surface area contributed by atoms with Gasteiger partial charge in [-0.1, -0.05) is 12.1 Å². The number of likely N-dealkylation sites (tertiary alicyclic amines) is 1. The summed E-state index contributed by atoms with van der Waals surface area (Å²) in [5, 5.41) is 6.69. The van der Waals surface area contributed by atoms with E-state index in [1.54, 1.807) is 19.2 Å². The van der Waals surface area contributed by atoms with Crippen LogP contribution in [0.25, 0.3) is 0 Å². The highest BCUT2D eigenvalue weighted by atomic mass is 19.1. The predicted octanol–water partition coefficient (Wildman–Crippen LogP) is 1.97. The van der Waals surface area contributed by atoms with Crippen LogP contribution in [0.5, 0.6) is 0 Å². The van der Waals surface area contributed by atoms with Crippen LogP contribution in [0.3, 0.4) is 0 Å². The fourth-order valence-corrected chi connectivity index (χ4v) is 3.05. The lowest BCUT2D eigenvalue weighted by molar-refractivity contribution is 0.314. The van der Waals surface area contributed by atoms with Gasteiger partial charge in [-0.05, 0) is 49.4 Å². The second-order valence-corrected chi connectivity index (χ2v) is 6.31. The molecule has 22 heavy (non-hydrogen) atoms. The lowest BCUT2D eigenvalue weighted by Gasteiger charge is -2.17. The molecule has 0 spiro atoms. The van der Waals surface area contributed by atoms with Gasteiger partial charge in [-0.3, -0.25) is 4.99 Å². The number of nitrogens with one attached hydrogen (secondary N) is 2. The zero-order valence-electron chi connectivity index (χ0n) is 13.2. The highest BCUT2D eigenvalue weighted by Crippen LogP contribution is 2.31. The molecule has 1 aromatic carbocycles. The van der Waals surface area contributed by atoms with Crippen LogP contribution in [0, 0.1) is 11.7 Å². The van der Waals surface area contributed by atoms with E-state index in [9.17, 15) is 4.39 Å². The molecule has 0 amide bonds. The minimum atomic E-state index is -0.201. The molecule has 1 atom stereocenters. The molecule has 1 heterocycles. The third-order valence-corrected chi connectivity index (χ3v) is 4.54. The van der Waals surface area contributed by atoms with E-state index in [1.807, 2.05) is 0 Å². The number of guanidine groups is 1. The van der Waals surface area contributed by atoms with Crippen molar-refractivity contribution in [3.8, 4) is 0 Å². The average molecular weight is 304 g/mol. The van der Waals surface area contributed by atoms with E-state index in [0.29, 0.717) is 12.5 Å². The minimum absolute atomic E-state index is 0.201. The molecule has 0 radical (unpaired) electrons. The largest absolute Gasteiger partial charge is 0.356 e. The summed E-state index contributed by atoms with van der Waals surface area (Å²) in [6.45, 7) is 4.08. The first-order chi connectivity index (χ1) is 10.7. The van der Waals surface area contributed by atoms with E-state index >= 15 is 0 Å². The van der Waals surface area contributed by atoms with Gasteiger partial charge in [0, 0.05) is 32.7 Å². The van der Waals surface area contributed by atoms with E-state index in [2.05, 4.69) is 20.5 Å². The summed E-state index contributed by atoms with van der Waals surface area (Å²) in [6.07, 6.45) is 4.06. The number of hydrogen-bond donors (Lipinski definition) is 2. The maximum atomic E-state index is 12.9. The van der Waals surface area contributed by atoms with E-state index < -0.39 is 0 Å². The molecule has 1 saturated carbocycles. The Labute approximate surface area is 131 Å². The molecule has 1 saturated heterocycles. The molecule has 5 heteroatoms. The molecular formula is C17H25FN4. The molecule has 3 rings (SSSR count). The summed E-state index contributed by atoms with van der Waals surface area (Å²) in [6, 6.07) is 7.43. The van der Waals surface area contributed by atoms with Gasteiger partial charge in [-0.2, -0.15) is 0 Å². The Kier molecular flexibility index (Phi) is 4.93. The van der Waals surface area contributed by atoms with Gasteiger partial charge in [0.2, 0.25) is 0 Å². The van der Waals surface area contributed by atoms with Gasteiger partial charge in [0.05, 0.1) is 0 Å². The van der Waals surface area contributed by atoms with Crippen LogP contribution in [-0.2, 0) is 6.54 Å². The summed E-state index contributed by atoms with van der Waals surface area (Å²) >= 11 is 0. The molecule has 1 unspecified atom stereocenters. The number of aliphatic imine (C=N–C) groups is 1. The zero-order chi connectivity index (χ0) is 15.4. The van der Waals surface area contributed by atoms with Gasteiger partial charge >= 0.3 is 0 Å². The van der Waals surface area contributed by atoms with Crippen LogP contribution in [0.1, 0.15) is 24.8 Å². The monoisotopic (exact) mass is 304 g/mol. The molecule has 2 fully saturated rings. The van der Waals surface area contributed by atoms with Crippen molar-refractivity contribution >= 4 is 5.96 Å². The van der Waals surface area contributed by atoms with Crippen LogP contribution in [0.4, 0.5) is 4.39 Å². The van der Waals surface area contributed by atoms with Gasteiger partial charge in [0.25, 0.3) is 0 Å². The molecule has 1 aliphatic carbocycles. The van der Waals surface area contributed by atoms with Crippen LogP contribution in [0.2, 0.25) is 0 Å². The Balaban J connectivity index is 1.39. The number of nitrogens with zero attached hydrogens (tertiary/aromatic N) is 2. The third kappa shape index (κ3) is 4.19. The summed E-state index contributed by atoms with van der Waals surface area (Å²) in [4.78, 5) is 6.88. The Hall–Kier alpha value is -1.62. The standard InChI is InChI=1S/C17H25FN4/c1-19-17(20-10-13-2-4-15(18)5-3-13)21-11-14-8-9-22(12-14)16-6-7-16/h2-5,14,16H,6-12H2,1H3,(H2,19,20,21). The molecule has 0 bridgehead atoms. The van der Waals surface area contributed by atoms with Crippen LogP contribution in [-0.4, -0.2) is 43.6 Å². The summed E-state index contributed by atoms with van der Waals surface area (Å²) in [7, 11) is 1.78. The molecule has 0 aromatic heterocycles. The minimum Gasteiger partial charge on any atom is -0.356 e. The van der Waals surface area contributed by atoms with Crippen molar-refractivity contribution in [3.05, 3.63) is 35.6 Å². The van der Waals surface area contributed by atoms with E-state index in [-0.39, 0.29) is 5.82 Å². The van der Waals surface area contributed by atoms with E-state index in [4.69, 9.17) is 0 Å². The van der Waals surface area contributed by atoms with Crippen molar-refractivity contribution in [1.29, 1.82) is 0 Å². The summed E-state index contributed by atoms with van der Waals surface area (Å²) < 4.78 is 12.9.